The molecule has 1 aromatic heterocycles. The Bertz CT molecular complexity index is 509. The summed E-state index contributed by atoms with van der Waals surface area (Å²) in [5.41, 5.74) is 9.03. The molecule has 0 fully saturated rings. The van der Waals surface area contributed by atoms with Gasteiger partial charge in [-0.3, -0.25) is 0 Å². The number of thiophene rings is 1. The minimum atomic E-state index is -0.555. The number of hydrogen-bond acceptors (Lipinski definition) is 3. The molecule has 0 aliphatic rings. The summed E-state index contributed by atoms with van der Waals surface area (Å²) in [6, 6.07) is 10.1. The van der Waals surface area contributed by atoms with Gasteiger partial charge in [-0.25, -0.2) is 0 Å². The Balaban J connectivity index is 2.25. The highest BCUT2D eigenvalue weighted by Crippen LogP contribution is 2.34. The molecule has 2 nitrogen and oxygen atoms in total. The van der Waals surface area contributed by atoms with E-state index in [4.69, 9.17) is 5.73 Å². The number of aryl methyl sites for hydroxylation is 1. The van der Waals surface area contributed by atoms with Gasteiger partial charge in [-0.1, -0.05) is 29.8 Å². The van der Waals surface area contributed by atoms with Gasteiger partial charge in [0.15, 0.2) is 0 Å². The molecule has 0 aliphatic heterocycles. The van der Waals surface area contributed by atoms with E-state index in [0.717, 1.165) is 14.9 Å². The topological polar surface area (TPSA) is 46.2 Å². The molecule has 0 saturated heterocycles. The van der Waals surface area contributed by atoms with E-state index in [2.05, 4.69) is 15.9 Å². The van der Waals surface area contributed by atoms with Crippen molar-refractivity contribution in [2.24, 2.45) is 5.73 Å². The summed E-state index contributed by atoms with van der Waals surface area (Å²) in [6.45, 7) is 2.48. The quantitative estimate of drug-likeness (QED) is 0.902. The molecule has 0 spiro atoms. The normalized spacial score (nSPS) is 14.4. The smallest absolute Gasteiger partial charge is 0.0879 e. The van der Waals surface area contributed by atoms with Crippen LogP contribution < -0.4 is 5.73 Å². The van der Waals surface area contributed by atoms with Gasteiger partial charge < -0.3 is 10.8 Å². The van der Waals surface area contributed by atoms with Crippen LogP contribution >= 0.6 is 27.3 Å². The number of aliphatic hydroxyl groups is 1. The van der Waals surface area contributed by atoms with Crippen LogP contribution in [0.3, 0.4) is 0 Å². The Kier molecular flexibility index (Phi) is 4.56. The highest BCUT2D eigenvalue weighted by molar-refractivity contribution is 9.11. The number of rotatable bonds is 4. The Morgan fingerprint density at radius 1 is 1.28 bits per heavy atom. The average Bonchev–Trinajstić information content (AvgIpc) is 2.79. The average molecular weight is 326 g/mol. The van der Waals surface area contributed by atoms with Crippen LogP contribution in [0.4, 0.5) is 0 Å². The molecular formula is C14H16BrNOS. The van der Waals surface area contributed by atoms with Crippen LogP contribution in [0.25, 0.3) is 0 Å². The van der Waals surface area contributed by atoms with Crippen molar-refractivity contribution in [1.29, 1.82) is 0 Å². The third-order valence-electron chi connectivity index (χ3n) is 3.07. The van der Waals surface area contributed by atoms with Crippen LogP contribution in [0.1, 0.15) is 28.7 Å². The van der Waals surface area contributed by atoms with E-state index in [1.165, 1.54) is 5.56 Å². The molecular weight excluding hydrogens is 310 g/mol. The van der Waals surface area contributed by atoms with Crippen LogP contribution in [-0.4, -0.2) is 11.7 Å². The Labute approximate surface area is 120 Å². The fourth-order valence-corrected chi connectivity index (χ4v) is 3.18. The summed E-state index contributed by atoms with van der Waals surface area (Å²) in [4.78, 5) is 0. The van der Waals surface area contributed by atoms with E-state index in [1.807, 2.05) is 42.6 Å². The minimum Gasteiger partial charge on any atom is -0.388 e. The van der Waals surface area contributed by atoms with Gasteiger partial charge in [-0.15, -0.1) is 11.3 Å². The van der Waals surface area contributed by atoms with E-state index in [9.17, 15) is 5.11 Å². The fraction of sp³-hybridized carbons (Fsp3) is 0.286. The minimum absolute atomic E-state index is 0.0629. The lowest BCUT2D eigenvalue weighted by molar-refractivity contribution is 0.148. The van der Waals surface area contributed by atoms with Crippen molar-refractivity contribution in [1.82, 2.24) is 0 Å². The van der Waals surface area contributed by atoms with Crippen LogP contribution in [0.5, 0.6) is 0 Å². The lowest BCUT2D eigenvalue weighted by Gasteiger charge is -2.21. The van der Waals surface area contributed by atoms with Gasteiger partial charge in [0.25, 0.3) is 0 Å². The van der Waals surface area contributed by atoms with E-state index in [-0.39, 0.29) is 5.92 Å². The number of nitrogens with two attached hydrogens (primary N) is 1. The standard InChI is InChI=1S/C14H16BrNOS/c1-9-2-4-10(5-3-9)12(7-16)14(17)11-6-13(15)18-8-11/h2-6,8,12,14,17H,7,16H2,1H3. The highest BCUT2D eigenvalue weighted by Gasteiger charge is 2.22. The maximum absolute atomic E-state index is 10.4. The predicted octanol–water partition coefficient (Wildman–Crippen LogP) is 3.59. The molecule has 3 N–H and O–H groups in total. The van der Waals surface area contributed by atoms with Gasteiger partial charge in [-0.2, -0.15) is 0 Å². The molecule has 2 aromatic rings. The molecule has 0 radical (unpaired) electrons. The fourth-order valence-electron chi connectivity index (χ4n) is 1.97. The van der Waals surface area contributed by atoms with Gasteiger partial charge in [0.2, 0.25) is 0 Å². The van der Waals surface area contributed by atoms with Crippen molar-refractivity contribution in [3.8, 4) is 0 Å². The first-order valence-electron chi connectivity index (χ1n) is 5.80. The van der Waals surface area contributed by atoms with Crippen molar-refractivity contribution in [3.63, 3.8) is 0 Å². The number of hydrogen-bond donors (Lipinski definition) is 2. The number of halogens is 1. The van der Waals surface area contributed by atoms with E-state index < -0.39 is 6.10 Å². The molecule has 0 bridgehead atoms. The number of benzene rings is 1. The van der Waals surface area contributed by atoms with E-state index >= 15 is 0 Å². The zero-order valence-electron chi connectivity index (χ0n) is 10.1. The second-order valence-corrected chi connectivity index (χ2v) is 6.67. The van der Waals surface area contributed by atoms with Crippen molar-refractivity contribution in [3.05, 3.63) is 56.2 Å². The molecule has 2 unspecified atom stereocenters. The molecule has 96 valence electrons. The van der Waals surface area contributed by atoms with Gasteiger partial charge in [-0.05, 0) is 45.4 Å². The summed E-state index contributed by atoms with van der Waals surface area (Å²) in [5.74, 6) is -0.0629. The van der Waals surface area contributed by atoms with Crippen molar-refractivity contribution < 1.29 is 5.11 Å². The van der Waals surface area contributed by atoms with Crippen molar-refractivity contribution >= 4 is 27.3 Å². The van der Waals surface area contributed by atoms with Crippen LogP contribution in [0.2, 0.25) is 0 Å². The third-order valence-corrected chi connectivity index (χ3v) is 4.59. The Hall–Kier alpha value is -0.680. The van der Waals surface area contributed by atoms with E-state index in [0.29, 0.717) is 6.54 Å². The van der Waals surface area contributed by atoms with Gasteiger partial charge in [0.1, 0.15) is 0 Å². The molecule has 1 aromatic carbocycles. The van der Waals surface area contributed by atoms with Crippen LogP contribution in [0, 0.1) is 6.92 Å². The maximum atomic E-state index is 10.4. The van der Waals surface area contributed by atoms with Crippen molar-refractivity contribution in [2.45, 2.75) is 18.9 Å². The summed E-state index contributed by atoms with van der Waals surface area (Å²) < 4.78 is 1.02. The second kappa shape index (κ2) is 5.97. The molecule has 2 rings (SSSR count). The number of aliphatic hydroxyl groups excluding tert-OH is 1. The summed E-state index contributed by atoms with van der Waals surface area (Å²) in [7, 11) is 0. The summed E-state index contributed by atoms with van der Waals surface area (Å²) >= 11 is 4.99. The molecule has 0 saturated carbocycles. The van der Waals surface area contributed by atoms with Crippen LogP contribution in [-0.2, 0) is 0 Å². The first-order chi connectivity index (χ1) is 8.61. The molecule has 1 heterocycles. The Morgan fingerprint density at radius 2 is 1.94 bits per heavy atom. The Morgan fingerprint density at radius 3 is 2.44 bits per heavy atom. The SMILES string of the molecule is Cc1ccc(C(CN)C(O)c2csc(Br)c2)cc1. The lowest BCUT2D eigenvalue weighted by atomic mass is 9.90. The van der Waals surface area contributed by atoms with Gasteiger partial charge in [0.05, 0.1) is 9.89 Å². The van der Waals surface area contributed by atoms with Crippen LogP contribution in [0.15, 0.2) is 39.5 Å². The molecule has 0 aliphatic carbocycles. The zero-order valence-corrected chi connectivity index (χ0v) is 12.5. The van der Waals surface area contributed by atoms with Crippen molar-refractivity contribution in [2.75, 3.05) is 6.54 Å². The first-order valence-corrected chi connectivity index (χ1v) is 7.47. The molecule has 0 amide bonds. The third kappa shape index (κ3) is 3.01. The maximum Gasteiger partial charge on any atom is 0.0879 e. The summed E-state index contributed by atoms with van der Waals surface area (Å²) in [5, 5.41) is 12.4. The predicted molar refractivity (Wildman–Crippen MR) is 80.0 cm³/mol. The monoisotopic (exact) mass is 325 g/mol. The zero-order chi connectivity index (χ0) is 13.1. The molecule has 4 heteroatoms. The highest BCUT2D eigenvalue weighted by atomic mass is 79.9. The second-order valence-electron chi connectivity index (χ2n) is 4.38. The lowest BCUT2D eigenvalue weighted by Crippen LogP contribution is -2.19. The largest absolute Gasteiger partial charge is 0.388 e. The van der Waals surface area contributed by atoms with Gasteiger partial charge >= 0.3 is 0 Å². The first kappa shape index (κ1) is 13.7. The van der Waals surface area contributed by atoms with E-state index in [1.54, 1.807) is 11.3 Å². The molecule has 18 heavy (non-hydrogen) atoms. The summed E-state index contributed by atoms with van der Waals surface area (Å²) in [6.07, 6.45) is -0.555. The van der Waals surface area contributed by atoms with Gasteiger partial charge in [0, 0.05) is 12.5 Å². The molecule has 2 atom stereocenters.